The first-order chi connectivity index (χ1) is 6.88. The van der Waals surface area contributed by atoms with Gasteiger partial charge in [0.15, 0.2) is 0 Å². The Morgan fingerprint density at radius 2 is 2.13 bits per heavy atom. The Labute approximate surface area is 95.6 Å². The molecule has 15 heavy (non-hydrogen) atoms. The normalized spacial score (nSPS) is 26.7. The summed E-state index contributed by atoms with van der Waals surface area (Å²) in [6.45, 7) is 5.58. The fourth-order valence-corrected chi connectivity index (χ4v) is 2.75. The number of thioether (sulfide) groups is 1. The molecule has 0 aromatic carbocycles. The minimum Gasteiger partial charge on any atom is -0.459 e. The molecule has 1 aliphatic rings. The maximum absolute atomic E-state index is 11.4. The highest BCUT2D eigenvalue weighted by atomic mass is 32.2. The van der Waals surface area contributed by atoms with Crippen LogP contribution in [0.4, 0.5) is 0 Å². The molecular weight excluding hydrogens is 212 g/mol. The quantitative estimate of drug-likeness (QED) is 0.756. The highest BCUT2D eigenvalue weighted by Gasteiger charge is 2.27. The van der Waals surface area contributed by atoms with Gasteiger partial charge in [-0.1, -0.05) is 0 Å². The number of carbonyl (C=O) groups excluding carboxylic acids is 1. The van der Waals surface area contributed by atoms with Gasteiger partial charge in [0.05, 0.1) is 11.9 Å². The van der Waals surface area contributed by atoms with Gasteiger partial charge in [-0.05, 0) is 40.0 Å². The number of aliphatic hydroxyl groups is 1. The maximum atomic E-state index is 11.4. The van der Waals surface area contributed by atoms with Gasteiger partial charge in [-0.3, -0.25) is 4.79 Å². The molecule has 0 radical (unpaired) electrons. The molecule has 2 atom stereocenters. The summed E-state index contributed by atoms with van der Waals surface area (Å²) in [5.41, 5.74) is -0.411. The Balaban J connectivity index is 2.22. The lowest BCUT2D eigenvalue weighted by molar-refractivity contribution is -0.151. The van der Waals surface area contributed by atoms with Crippen molar-refractivity contribution in [2.75, 3.05) is 5.75 Å². The fourth-order valence-electron chi connectivity index (χ4n) is 1.65. The topological polar surface area (TPSA) is 46.5 Å². The van der Waals surface area contributed by atoms with Crippen LogP contribution in [0.2, 0.25) is 0 Å². The van der Waals surface area contributed by atoms with Gasteiger partial charge in [0.2, 0.25) is 0 Å². The number of hydrogen-bond donors (Lipinski definition) is 1. The summed E-state index contributed by atoms with van der Waals surface area (Å²) in [5.74, 6) is 0.158. The third kappa shape index (κ3) is 4.89. The zero-order chi connectivity index (χ0) is 11.5. The third-order valence-corrected chi connectivity index (χ3v) is 3.63. The molecule has 0 saturated heterocycles. The predicted octanol–water partition coefficient (Wildman–Crippen LogP) is 1.97. The average Bonchev–Trinajstić information content (AvgIpc) is 2.44. The molecule has 1 fully saturated rings. The predicted molar refractivity (Wildman–Crippen MR) is 61.9 cm³/mol. The minimum absolute atomic E-state index is 0.188. The molecular formula is C11H20O3S. The van der Waals surface area contributed by atoms with E-state index in [0.29, 0.717) is 5.75 Å². The lowest BCUT2D eigenvalue weighted by Crippen LogP contribution is -2.26. The van der Waals surface area contributed by atoms with Crippen LogP contribution in [0, 0.1) is 0 Å². The van der Waals surface area contributed by atoms with Crippen LogP contribution < -0.4 is 0 Å². The van der Waals surface area contributed by atoms with E-state index in [1.807, 2.05) is 20.8 Å². The molecule has 1 rings (SSSR count). The van der Waals surface area contributed by atoms with Crippen LogP contribution in [0.25, 0.3) is 0 Å². The number of carbonyl (C=O) groups is 1. The van der Waals surface area contributed by atoms with Crippen LogP contribution in [0.15, 0.2) is 0 Å². The van der Waals surface area contributed by atoms with E-state index in [9.17, 15) is 9.90 Å². The highest BCUT2D eigenvalue weighted by Crippen LogP contribution is 2.30. The van der Waals surface area contributed by atoms with Crippen molar-refractivity contribution in [3.63, 3.8) is 0 Å². The zero-order valence-electron chi connectivity index (χ0n) is 9.66. The number of ether oxygens (including phenoxy) is 1. The smallest absolute Gasteiger partial charge is 0.316 e. The number of hydrogen-bond acceptors (Lipinski definition) is 4. The molecule has 1 N–H and O–H groups in total. The lowest BCUT2D eigenvalue weighted by atomic mass is 10.2. The summed E-state index contributed by atoms with van der Waals surface area (Å²) in [6.07, 6.45) is 2.70. The molecule has 0 bridgehead atoms. The van der Waals surface area contributed by atoms with Crippen molar-refractivity contribution in [1.29, 1.82) is 0 Å². The molecule has 1 saturated carbocycles. The number of aliphatic hydroxyl groups excluding tert-OH is 1. The van der Waals surface area contributed by atoms with Gasteiger partial charge in [-0.15, -0.1) is 11.8 Å². The summed E-state index contributed by atoms with van der Waals surface area (Å²) in [4.78, 5) is 11.4. The van der Waals surface area contributed by atoms with Gasteiger partial charge in [-0.25, -0.2) is 0 Å². The number of esters is 1. The van der Waals surface area contributed by atoms with E-state index in [4.69, 9.17) is 4.74 Å². The summed E-state index contributed by atoms with van der Waals surface area (Å²) in [5, 5.41) is 9.78. The molecule has 0 aromatic heterocycles. The molecule has 4 heteroatoms. The second-order valence-corrected chi connectivity index (χ2v) is 6.16. The van der Waals surface area contributed by atoms with Crippen LogP contribution in [0.3, 0.4) is 0 Å². The van der Waals surface area contributed by atoms with Crippen molar-refractivity contribution in [1.82, 2.24) is 0 Å². The molecule has 88 valence electrons. The van der Waals surface area contributed by atoms with Gasteiger partial charge < -0.3 is 9.84 Å². The summed E-state index contributed by atoms with van der Waals surface area (Å²) in [7, 11) is 0. The van der Waals surface area contributed by atoms with Gasteiger partial charge in [0.1, 0.15) is 5.60 Å². The Kier molecular flexibility index (Phi) is 4.46. The van der Waals surface area contributed by atoms with Gasteiger partial charge in [-0.2, -0.15) is 0 Å². The van der Waals surface area contributed by atoms with Crippen LogP contribution >= 0.6 is 11.8 Å². The van der Waals surface area contributed by atoms with E-state index in [0.717, 1.165) is 19.3 Å². The zero-order valence-corrected chi connectivity index (χ0v) is 10.5. The van der Waals surface area contributed by atoms with Crippen molar-refractivity contribution >= 4 is 17.7 Å². The summed E-state index contributed by atoms with van der Waals surface area (Å²) in [6, 6.07) is 0. The monoisotopic (exact) mass is 232 g/mol. The van der Waals surface area contributed by atoms with E-state index in [1.165, 1.54) is 11.8 Å². The molecule has 1 aliphatic carbocycles. The molecule has 0 amide bonds. The first-order valence-electron chi connectivity index (χ1n) is 5.40. The molecule has 0 heterocycles. The molecule has 3 nitrogen and oxygen atoms in total. The SMILES string of the molecule is CC(C)(C)OC(=O)CS[C@H]1CCC[C@@H]1O. The average molecular weight is 232 g/mol. The Bertz CT molecular complexity index is 222. The number of rotatable bonds is 3. The molecule has 0 aromatic rings. The van der Waals surface area contributed by atoms with Crippen molar-refractivity contribution in [3.05, 3.63) is 0 Å². The second-order valence-electron chi connectivity index (χ2n) is 4.93. The molecule has 0 unspecified atom stereocenters. The Hall–Kier alpha value is -0.220. The Morgan fingerprint density at radius 1 is 1.47 bits per heavy atom. The third-order valence-electron chi connectivity index (χ3n) is 2.25. The van der Waals surface area contributed by atoms with Crippen LogP contribution in [0.5, 0.6) is 0 Å². The first-order valence-corrected chi connectivity index (χ1v) is 6.45. The van der Waals surface area contributed by atoms with E-state index in [2.05, 4.69) is 0 Å². The van der Waals surface area contributed by atoms with Gasteiger partial charge >= 0.3 is 5.97 Å². The second kappa shape index (κ2) is 5.21. The van der Waals surface area contributed by atoms with E-state index in [-0.39, 0.29) is 17.3 Å². The van der Waals surface area contributed by atoms with Crippen LogP contribution in [-0.4, -0.2) is 33.8 Å². The van der Waals surface area contributed by atoms with E-state index < -0.39 is 5.60 Å². The Morgan fingerprint density at radius 3 is 2.60 bits per heavy atom. The standard InChI is InChI=1S/C11H20O3S/c1-11(2,3)14-10(13)7-15-9-6-4-5-8(9)12/h8-9,12H,4-7H2,1-3H3/t8-,9-/m0/s1. The summed E-state index contributed by atoms with van der Waals surface area (Å²) >= 11 is 1.52. The van der Waals surface area contributed by atoms with Gasteiger partial charge in [0.25, 0.3) is 0 Å². The molecule has 0 aliphatic heterocycles. The van der Waals surface area contributed by atoms with Gasteiger partial charge in [0, 0.05) is 5.25 Å². The minimum atomic E-state index is -0.411. The molecule has 0 spiro atoms. The van der Waals surface area contributed by atoms with Crippen LogP contribution in [-0.2, 0) is 9.53 Å². The van der Waals surface area contributed by atoms with E-state index >= 15 is 0 Å². The fraction of sp³-hybridized carbons (Fsp3) is 0.909. The largest absolute Gasteiger partial charge is 0.459 e. The van der Waals surface area contributed by atoms with Crippen LogP contribution in [0.1, 0.15) is 40.0 Å². The van der Waals surface area contributed by atoms with Crippen molar-refractivity contribution in [2.45, 2.75) is 57.0 Å². The highest BCUT2D eigenvalue weighted by molar-refractivity contribution is 8.00. The maximum Gasteiger partial charge on any atom is 0.316 e. The van der Waals surface area contributed by atoms with E-state index in [1.54, 1.807) is 0 Å². The van der Waals surface area contributed by atoms with Crippen molar-refractivity contribution in [2.24, 2.45) is 0 Å². The summed E-state index contributed by atoms with van der Waals surface area (Å²) < 4.78 is 5.19. The first kappa shape index (κ1) is 12.8. The lowest BCUT2D eigenvalue weighted by Gasteiger charge is -2.20. The van der Waals surface area contributed by atoms with Crippen molar-refractivity contribution < 1.29 is 14.6 Å². The van der Waals surface area contributed by atoms with Crippen molar-refractivity contribution in [3.8, 4) is 0 Å².